The molecule has 1 unspecified atom stereocenters. The monoisotopic (exact) mass is 432 g/mol. The van der Waals surface area contributed by atoms with Gasteiger partial charge in [0.25, 0.3) is 0 Å². The van der Waals surface area contributed by atoms with Gasteiger partial charge >= 0.3 is 7.12 Å². The molecule has 166 valence electrons. The van der Waals surface area contributed by atoms with E-state index in [0.717, 1.165) is 23.0 Å². The van der Waals surface area contributed by atoms with Gasteiger partial charge < -0.3 is 19.2 Å². The van der Waals surface area contributed by atoms with Crippen molar-refractivity contribution in [1.29, 1.82) is 0 Å². The first-order chi connectivity index (χ1) is 15.3. The minimum atomic E-state index is -1.62. The van der Waals surface area contributed by atoms with Crippen molar-refractivity contribution >= 4 is 24.1 Å². The summed E-state index contributed by atoms with van der Waals surface area (Å²) in [6.07, 6.45) is 1.54. The molecule has 1 fully saturated rings. The molecule has 2 aromatic carbocycles. The summed E-state index contributed by atoms with van der Waals surface area (Å²) in [5.74, 6) is 0.770. The number of fused-ring (bicyclic) bond motifs is 2. The standard InChI is InChI=1S/C26H29BO5/c1-17-15-30-27(31-16-17)19-10-8-18(9-11-19)14-26(29)22-7-5-4-6-20(22)23-21(24(26)28)12-13-25(2,3)32-23/h4-11,17,29H,12-16H2,1-3H3. The van der Waals surface area contributed by atoms with Crippen molar-refractivity contribution in [1.82, 2.24) is 0 Å². The van der Waals surface area contributed by atoms with Gasteiger partial charge in [-0.1, -0.05) is 55.5 Å². The van der Waals surface area contributed by atoms with Gasteiger partial charge in [-0.2, -0.15) is 0 Å². The third-order valence-corrected chi connectivity index (χ3v) is 6.67. The molecule has 32 heavy (non-hydrogen) atoms. The van der Waals surface area contributed by atoms with Gasteiger partial charge in [0.15, 0.2) is 11.4 Å². The molecule has 5 rings (SSSR count). The molecule has 1 atom stereocenters. The van der Waals surface area contributed by atoms with E-state index in [9.17, 15) is 9.90 Å². The van der Waals surface area contributed by atoms with Crippen LogP contribution in [0.4, 0.5) is 0 Å². The van der Waals surface area contributed by atoms with Gasteiger partial charge in [-0.3, -0.25) is 4.79 Å². The fraction of sp³-hybridized carbons (Fsp3) is 0.423. The molecule has 2 heterocycles. The number of aliphatic hydroxyl groups is 1. The largest absolute Gasteiger partial charge is 0.493 e. The van der Waals surface area contributed by atoms with Gasteiger partial charge in [0.1, 0.15) is 11.4 Å². The summed E-state index contributed by atoms with van der Waals surface area (Å²) in [5, 5.41) is 11.8. The number of Topliss-reactive ketones (excluding diaryl/α,β-unsaturated/α-hetero) is 1. The molecular formula is C26H29BO5. The van der Waals surface area contributed by atoms with Crippen molar-refractivity contribution in [3.63, 3.8) is 0 Å². The summed E-state index contributed by atoms with van der Waals surface area (Å²) in [6.45, 7) is 7.51. The average molecular weight is 432 g/mol. The van der Waals surface area contributed by atoms with Gasteiger partial charge in [0.2, 0.25) is 0 Å². The summed E-state index contributed by atoms with van der Waals surface area (Å²) in [6, 6.07) is 15.3. The van der Waals surface area contributed by atoms with Gasteiger partial charge in [0.05, 0.1) is 0 Å². The molecule has 0 spiro atoms. The van der Waals surface area contributed by atoms with E-state index in [1.165, 1.54) is 0 Å². The zero-order chi connectivity index (χ0) is 22.5. The Labute approximate surface area is 189 Å². The minimum absolute atomic E-state index is 0.201. The van der Waals surface area contributed by atoms with Crippen molar-refractivity contribution < 1.29 is 23.9 Å². The molecule has 0 aromatic heterocycles. The van der Waals surface area contributed by atoms with Crippen LogP contribution in [-0.2, 0) is 30.9 Å². The summed E-state index contributed by atoms with van der Waals surface area (Å²) in [7, 11) is -0.365. The molecule has 6 heteroatoms. The number of rotatable bonds is 3. The minimum Gasteiger partial charge on any atom is -0.487 e. The maximum absolute atomic E-state index is 13.6. The third-order valence-electron chi connectivity index (χ3n) is 6.67. The molecule has 2 aliphatic heterocycles. The highest BCUT2D eigenvalue weighted by molar-refractivity contribution is 6.61. The van der Waals surface area contributed by atoms with E-state index in [2.05, 4.69) is 6.92 Å². The zero-order valence-corrected chi connectivity index (χ0v) is 18.9. The number of carbonyl (C=O) groups excluding carboxylic acids is 1. The quantitative estimate of drug-likeness (QED) is 0.754. The van der Waals surface area contributed by atoms with E-state index in [1.54, 1.807) is 0 Å². The second-order valence-electron chi connectivity index (χ2n) is 9.93. The SMILES string of the molecule is CC1COB(c2ccc(CC3(O)C(=O)C4=C(OC(C)(C)CC4)c4ccccc43)cc2)OC1. The second-order valence-corrected chi connectivity index (χ2v) is 9.93. The predicted molar refractivity (Wildman–Crippen MR) is 123 cm³/mol. The Morgan fingerprint density at radius 2 is 1.75 bits per heavy atom. The van der Waals surface area contributed by atoms with Crippen LogP contribution in [0.2, 0.25) is 0 Å². The number of carbonyl (C=O) groups is 1. The van der Waals surface area contributed by atoms with Crippen LogP contribution in [0.5, 0.6) is 0 Å². The fourth-order valence-electron chi connectivity index (χ4n) is 4.83. The van der Waals surface area contributed by atoms with Gasteiger partial charge in [-0.25, -0.2) is 0 Å². The van der Waals surface area contributed by atoms with Crippen molar-refractivity contribution in [2.75, 3.05) is 13.2 Å². The molecule has 0 amide bonds. The lowest BCUT2D eigenvalue weighted by molar-refractivity contribution is -0.135. The molecule has 0 radical (unpaired) electrons. The average Bonchev–Trinajstić information content (AvgIpc) is 2.78. The van der Waals surface area contributed by atoms with Gasteiger partial charge in [-0.15, -0.1) is 0 Å². The van der Waals surface area contributed by atoms with Crippen LogP contribution < -0.4 is 5.46 Å². The zero-order valence-electron chi connectivity index (χ0n) is 18.9. The van der Waals surface area contributed by atoms with Crippen molar-refractivity contribution in [2.45, 2.75) is 51.2 Å². The summed E-state index contributed by atoms with van der Waals surface area (Å²) in [5.41, 5.74) is 1.89. The molecule has 1 aliphatic carbocycles. The lowest BCUT2D eigenvalue weighted by Gasteiger charge is -2.41. The first kappa shape index (κ1) is 21.4. The number of benzene rings is 2. The van der Waals surface area contributed by atoms with Gasteiger partial charge in [0, 0.05) is 36.3 Å². The van der Waals surface area contributed by atoms with Crippen LogP contribution in [-0.4, -0.2) is 36.8 Å². The van der Waals surface area contributed by atoms with E-state index in [1.807, 2.05) is 62.4 Å². The van der Waals surface area contributed by atoms with Crippen LogP contribution in [0.1, 0.15) is 50.3 Å². The highest BCUT2D eigenvalue weighted by Gasteiger charge is 2.48. The van der Waals surface area contributed by atoms with Crippen molar-refractivity contribution in [2.24, 2.45) is 5.92 Å². The maximum Gasteiger partial charge on any atom is 0.493 e. The van der Waals surface area contributed by atoms with Crippen LogP contribution in [0.3, 0.4) is 0 Å². The van der Waals surface area contributed by atoms with Crippen LogP contribution >= 0.6 is 0 Å². The number of ether oxygens (including phenoxy) is 1. The summed E-state index contributed by atoms with van der Waals surface area (Å²) < 4.78 is 17.8. The Morgan fingerprint density at radius 3 is 2.47 bits per heavy atom. The Kier molecular flexibility index (Phi) is 5.27. The molecule has 2 aromatic rings. The third kappa shape index (κ3) is 3.70. The highest BCUT2D eigenvalue weighted by Crippen LogP contribution is 2.47. The second kappa shape index (κ2) is 7.87. The summed E-state index contributed by atoms with van der Waals surface area (Å²) >= 11 is 0. The van der Waals surface area contributed by atoms with E-state index in [4.69, 9.17) is 14.0 Å². The Morgan fingerprint density at radius 1 is 1.06 bits per heavy atom. The molecule has 1 N–H and O–H groups in total. The summed E-state index contributed by atoms with van der Waals surface area (Å²) in [4.78, 5) is 13.6. The van der Waals surface area contributed by atoms with Crippen molar-refractivity contribution in [3.8, 4) is 0 Å². The Bertz CT molecular complexity index is 1070. The van der Waals surface area contributed by atoms with E-state index in [0.29, 0.717) is 42.4 Å². The van der Waals surface area contributed by atoms with E-state index >= 15 is 0 Å². The first-order valence-electron chi connectivity index (χ1n) is 11.4. The normalized spacial score (nSPS) is 25.2. The van der Waals surface area contributed by atoms with Crippen LogP contribution in [0.15, 0.2) is 54.1 Å². The molecule has 3 aliphatic rings. The van der Waals surface area contributed by atoms with Crippen LogP contribution in [0, 0.1) is 5.92 Å². The lowest BCUT2D eigenvalue weighted by Crippen LogP contribution is -2.45. The van der Waals surface area contributed by atoms with E-state index in [-0.39, 0.29) is 24.9 Å². The smallest absolute Gasteiger partial charge is 0.487 e. The topological polar surface area (TPSA) is 65.0 Å². The highest BCUT2D eigenvalue weighted by atomic mass is 16.6. The first-order valence-corrected chi connectivity index (χ1v) is 11.4. The van der Waals surface area contributed by atoms with Gasteiger partial charge in [-0.05, 0) is 43.6 Å². The molecule has 0 saturated carbocycles. The lowest BCUT2D eigenvalue weighted by atomic mass is 9.71. The predicted octanol–water partition coefficient (Wildman–Crippen LogP) is 3.38. The molecular weight excluding hydrogens is 403 g/mol. The maximum atomic E-state index is 13.6. The van der Waals surface area contributed by atoms with Crippen LogP contribution in [0.25, 0.3) is 5.76 Å². The van der Waals surface area contributed by atoms with Crippen molar-refractivity contribution in [3.05, 3.63) is 70.8 Å². The fourth-order valence-corrected chi connectivity index (χ4v) is 4.83. The Hall–Kier alpha value is -2.41. The number of hydrogen-bond acceptors (Lipinski definition) is 5. The Balaban J connectivity index is 1.45. The molecule has 1 saturated heterocycles. The molecule has 5 nitrogen and oxygen atoms in total. The number of hydrogen-bond donors (Lipinski definition) is 1. The van der Waals surface area contributed by atoms with E-state index < -0.39 is 5.60 Å². The molecule has 0 bridgehead atoms. The number of ketones is 1.